The van der Waals surface area contributed by atoms with E-state index < -0.39 is 15.7 Å². The van der Waals surface area contributed by atoms with Gasteiger partial charge in [-0.25, -0.2) is 0 Å². The fourth-order valence-corrected chi connectivity index (χ4v) is 6.70. The molecule has 0 spiro atoms. The van der Waals surface area contributed by atoms with Crippen LogP contribution >= 0.6 is 15.7 Å². The van der Waals surface area contributed by atoms with E-state index >= 15 is 0 Å². The van der Waals surface area contributed by atoms with Crippen molar-refractivity contribution in [1.29, 1.82) is 0 Å². The number of anilines is 2. The fourth-order valence-electron chi connectivity index (χ4n) is 4.40. The quantitative estimate of drug-likeness (QED) is 0.150. The minimum Gasteiger partial charge on any atom is -0.0622 e. The molecule has 1 aliphatic heterocycles. The summed E-state index contributed by atoms with van der Waals surface area (Å²) < 4.78 is 59.2. The molecule has 1 aliphatic carbocycles. The van der Waals surface area contributed by atoms with Crippen molar-refractivity contribution in [2.24, 2.45) is 0 Å². The molecule has 1 fully saturated rings. The molecule has 7 radical (unpaired) electrons. The first-order valence-electron chi connectivity index (χ1n) is 14.3. The molecule has 0 N–H and O–H groups in total. The predicted octanol–water partition coefficient (Wildman–Crippen LogP) is 10.8. The minimum atomic E-state index is -10.7. The largest absolute Gasteiger partial charge is 0.0622 e. The van der Waals surface area contributed by atoms with Crippen LogP contribution in [0.5, 0.6) is 0 Å². The third-order valence-corrected chi connectivity index (χ3v) is 8.72. The van der Waals surface area contributed by atoms with Gasteiger partial charge in [0.15, 0.2) is 0 Å². The Kier molecular flexibility index (Phi) is 15.2. The first-order valence-corrected chi connectivity index (χ1v) is 17.7. The number of para-hydroxylation sites is 2. The van der Waals surface area contributed by atoms with Gasteiger partial charge < -0.3 is 9.80 Å². The maximum atomic E-state index is 9.87. The molecule has 6 rings (SSSR count). The summed E-state index contributed by atoms with van der Waals surface area (Å²) in [7, 11) is -7.10. The van der Waals surface area contributed by atoms with Crippen molar-refractivity contribution in [2.75, 3.05) is 23.9 Å². The molecular weight excluding hydrogens is 817 g/mol. The van der Waals surface area contributed by atoms with Gasteiger partial charge in [0.1, 0.15) is 0 Å². The summed E-state index contributed by atoms with van der Waals surface area (Å²) in [6.07, 6.45) is 14.0. The standard InChI is InChI=1S/C18H15P.C9H10N2.C8H12.F6P.Ir/c1-4-10-16(11-5-1)19(17-12-6-2-7-13-17)18-14-8-3-9-15-18;1-10-7-11(2)9-6-4-3-5-8(9)10;1-2-4-6-8-7-5-3-1;1-7(2,3,4,5)6;/h1-15H;3-6H,1-2H3;1-2,7-8H,3-6H2;;/q;;;-1;. The zero-order chi connectivity index (χ0) is 32.8. The molecule has 1 heterocycles. The van der Waals surface area contributed by atoms with Crippen LogP contribution in [0.25, 0.3) is 0 Å². The molecule has 2 aliphatic rings. The molecule has 249 valence electrons. The third-order valence-electron chi connectivity index (χ3n) is 6.28. The van der Waals surface area contributed by atoms with Crippen molar-refractivity contribution in [3.05, 3.63) is 148 Å². The maximum Gasteiger partial charge on any atom is 0 e. The van der Waals surface area contributed by atoms with Crippen LogP contribution in [0.1, 0.15) is 25.7 Å². The van der Waals surface area contributed by atoms with E-state index in [1.807, 2.05) is 36.0 Å². The van der Waals surface area contributed by atoms with E-state index in [0.717, 1.165) is 0 Å². The number of nitrogens with zero attached hydrogens (tertiary/aromatic N) is 2. The molecule has 46 heavy (non-hydrogen) atoms. The third kappa shape index (κ3) is 16.4. The van der Waals surface area contributed by atoms with Crippen LogP contribution in [0.15, 0.2) is 115 Å². The molecule has 11 heteroatoms. The Labute approximate surface area is 284 Å². The molecule has 0 unspecified atom stereocenters. The van der Waals surface area contributed by atoms with E-state index in [9.17, 15) is 25.2 Å². The fraction of sp³-hybridized carbons (Fsp3) is 0.171. The maximum absolute atomic E-state index is 10.7. The zero-order valence-electron chi connectivity index (χ0n) is 25.5. The van der Waals surface area contributed by atoms with Gasteiger partial charge in [0.2, 0.25) is 6.67 Å². The van der Waals surface area contributed by atoms with E-state index in [1.54, 1.807) is 0 Å². The normalized spacial score (nSPS) is 15.8. The second-order valence-electron chi connectivity index (χ2n) is 10.1. The Balaban J connectivity index is 0.000000233. The molecule has 4 aromatic rings. The van der Waals surface area contributed by atoms with Gasteiger partial charge >= 0.3 is 33.0 Å². The molecule has 0 atom stereocenters. The number of hydrogen-bond acceptors (Lipinski definition) is 2. The summed E-state index contributed by atoms with van der Waals surface area (Å²) in [6.45, 7) is 3.15. The Morgan fingerprint density at radius 1 is 0.478 bits per heavy atom. The van der Waals surface area contributed by atoms with Gasteiger partial charge in [-0.1, -0.05) is 103 Å². The smallest absolute Gasteiger partial charge is 0 e. The van der Waals surface area contributed by atoms with Crippen molar-refractivity contribution >= 4 is 43.0 Å². The van der Waals surface area contributed by atoms with Crippen LogP contribution in [0.4, 0.5) is 36.6 Å². The number of fused-ring (bicyclic) bond motifs is 1. The van der Waals surface area contributed by atoms with Gasteiger partial charge in [-0.3, -0.25) is 0 Å². The van der Waals surface area contributed by atoms with Crippen molar-refractivity contribution in [3.63, 3.8) is 0 Å². The molecule has 0 aromatic heterocycles. The SMILES string of the molecule is CN1[C]N(C)c2ccccc21.F[P-](F)(F)(F)(F)F.[CH]1[CH]CC[CH][CH]CC1.[Ir].c1ccc(P(c2ccccc2)c2ccccc2)cc1. The molecule has 0 amide bonds. The first-order chi connectivity index (χ1) is 21.2. The average Bonchev–Trinajstić information content (AvgIpc) is 3.27. The summed E-state index contributed by atoms with van der Waals surface area (Å²) >= 11 is 0. The van der Waals surface area contributed by atoms with E-state index in [0.29, 0.717) is 0 Å². The molecule has 0 saturated heterocycles. The molecule has 4 aromatic carbocycles. The van der Waals surface area contributed by atoms with Gasteiger partial charge in [-0.15, -0.1) is 0 Å². The Bertz CT molecular complexity index is 1260. The number of rotatable bonds is 3. The first kappa shape index (κ1) is 39.7. The second kappa shape index (κ2) is 17.6. The van der Waals surface area contributed by atoms with Crippen LogP contribution in [-0.4, -0.2) is 14.1 Å². The monoisotopic (exact) mass is 854 g/mol. The van der Waals surface area contributed by atoms with Gasteiger partial charge in [0.05, 0.1) is 11.4 Å². The van der Waals surface area contributed by atoms with Gasteiger partial charge in [0.25, 0.3) is 0 Å². The van der Waals surface area contributed by atoms with Crippen LogP contribution in [0.2, 0.25) is 0 Å². The topological polar surface area (TPSA) is 6.48 Å². The summed E-state index contributed by atoms with van der Waals surface area (Å²) in [5.74, 6) is 0. The molecule has 2 nitrogen and oxygen atoms in total. The van der Waals surface area contributed by atoms with Crippen molar-refractivity contribution in [2.45, 2.75) is 25.7 Å². The molecule has 0 bridgehead atoms. The Hall–Kier alpha value is -2.43. The van der Waals surface area contributed by atoms with E-state index in [2.05, 4.69) is 135 Å². The Morgan fingerprint density at radius 3 is 0.978 bits per heavy atom. The average molecular weight is 854 g/mol. The van der Waals surface area contributed by atoms with Crippen LogP contribution < -0.4 is 25.7 Å². The van der Waals surface area contributed by atoms with E-state index in [-0.39, 0.29) is 20.1 Å². The van der Waals surface area contributed by atoms with Crippen molar-refractivity contribution in [3.8, 4) is 0 Å². The van der Waals surface area contributed by atoms with Gasteiger partial charge in [0, 0.05) is 34.2 Å². The summed E-state index contributed by atoms with van der Waals surface area (Å²) in [5.41, 5.74) is 2.44. The van der Waals surface area contributed by atoms with Crippen molar-refractivity contribution in [1.82, 2.24) is 0 Å². The van der Waals surface area contributed by atoms with Crippen LogP contribution in [-0.2, 0) is 20.1 Å². The molecule has 1 saturated carbocycles. The number of hydrogen-bond donors (Lipinski definition) is 0. The van der Waals surface area contributed by atoms with Gasteiger partial charge in [-0.2, -0.15) is 0 Å². The summed E-state index contributed by atoms with van der Waals surface area (Å²) in [6, 6.07) is 40.6. The van der Waals surface area contributed by atoms with E-state index in [4.69, 9.17) is 0 Å². The minimum absolute atomic E-state index is 0. The Morgan fingerprint density at radius 2 is 0.717 bits per heavy atom. The second-order valence-corrected chi connectivity index (χ2v) is 14.2. The van der Waals surface area contributed by atoms with E-state index in [1.165, 1.54) is 53.0 Å². The van der Waals surface area contributed by atoms with Crippen molar-refractivity contribution < 1.29 is 45.3 Å². The number of halogens is 6. The summed E-state index contributed by atoms with van der Waals surface area (Å²) in [5, 5.41) is 4.19. The predicted molar refractivity (Wildman–Crippen MR) is 181 cm³/mol. The molecular formula is C35H37F6IrN2P2-. The van der Waals surface area contributed by atoms with Crippen LogP contribution in [0.3, 0.4) is 0 Å². The van der Waals surface area contributed by atoms with Crippen LogP contribution in [0, 0.1) is 32.4 Å². The number of benzene rings is 4. The summed E-state index contributed by atoms with van der Waals surface area (Å²) in [4.78, 5) is 3.99. The van der Waals surface area contributed by atoms with Gasteiger partial charge in [-0.05, 0) is 87.3 Å². The zero-order valence-corrected chi connectivity index (χ0v) is 29.7.